The SMILES string of the molecule is O=C(Cc1csc(-c2cccc(Br)c2)n1)Nc1ccccc1-n1cncn1. The smallest absolute Gasteiger partial charge is 0.230 e. The second kappa shape index (κ2) is 7.81. The van der Waals surface area contributed by atoms with Gasteiger partial charge in [0, 0.05) is 15.4 Å². The van der Waals surface area contributed by atoms with E-state index in [4.69, 9.17) is 0 Å². The summed E-state index contributed by atoms with van der Waals surface area (Å²) in [7, 11) is 0. The maximum absolute atomic E-state index is 12.5. The number of nitrogens with zero attached hydrogens (tertiary/aromatic N) is 4. The lowest BCUT2D eigenvalue weighted by Crippen LogP contribution is -2.16. The zero-order valence-corrected chi connectivity index (χ0v) is 16.4. The van der Waals surface area contributed by atoms with Crippen molar-refractivity contribution in [3.8, 4) is 16.3 Å². The van der Waals surface area contributed by atoms with Gasteiger partial charge in [0.1, 0.15) is 17.7 Å². The molecule has 0 saturated heterocycles. The number of anilines is 1. The van der Waals surface area contributed by atoms with Crippen molar-refractivity contribution in [2.45, 2.75) is 6.42 Å². The molecule has 0 aliphatic heterocycles. The van der Waals surface area contributed by atoms with Crippen LogP contribution in [-0.4, -0.2) is 25.7 Å². The number of hydrogen-bond donors (Lipinski definition) is 1. The van der Waals surface area contributed by atoms with Crippen LogP contribution in [0.4, 0.5) is 5.69 Å². The monoisotopic (exact) mass is 439 g/mol. The van der Waals surface area contributed by atoms with Crippen LogP contribution in [0.5, 0.6) is 0 Å². The highest BCUT2D eigenvalue weighted by atomic mass is 79.9. The molecule has 4 rings (SSSR count). The number of hydrogen-bond acceptors (Lipinski definition) is 5. The van der Waals surface area contributed by atoms with Crippen LogP contribution in [0.1, 0.15) is 5.69 Å². The Morgan fingerprint density at radius 1 is 1.19 bits per heavy atom. The standard InChI is InChI=1S/C19H14BrN5OS/c20-14-5-3-4-13(8-14)19-23-15(10-27-19)9-18(26)24-16-6-1-2-7-17(16)25-12-21-11-22-25/h1-8,10-12H,9H2,(H,24,26). The molecule has 0 fully saturated rings. The van der Waals surface area contributed by atoms with Crippen LogP contribution in [0.3, 0.4) is 0 Å². The van der Waals surface area contributed by atoms with E-state index in [9.17, 15) is 4.79 Å². The summed E-state index contributed by atoms with van der Waals surface area (Å²) in [5.74, 6) is -0.131. The molecule has 2 heterocycles. The van der Waals surface area contributed by atoms with E-state index in [2.05, 4.69) is 36.3 Å². The van der Waals surface area contributed by atoms with Gasteiger partial charge in [-0.1, -0.05) is 40.2 Å². The number of aromatic nitrogens is 4. The summed E-state index contributed by atoms with van der Waals surface area (Å²) in [5, 5.41) is 9.86. The Balaban J connectivity index is 1.48. The molecular formula is C19H14BrN5OS. The van der Waals surface area contributed by atoms with Crippen LogP contribution in [-0.2, 0) is 11.2 Å². The Hall–Kier alpha value is -2.84. The third kappa shape index (κ3) is 4.12. The minimum absolute atomic E-state index is 0.131. The predicted octanol–water partition coefficient (Wildman–Crippen LogP) is 4.33. The summed E-state index contributed by atoms with van der Waals surface area (Å²) in [6.07, 6.45) is 3.25. The summed E-state index contributed by atoms with van der Waals surface area (Å²) in [4.78, 5) is 21.0. The summed E-state index contributed by atoms with van der Waals surface area (Å²) in [6.45, 7) is 0. The van der Waals surface area contributed by atoms with Gasteiger partial charge in [-0.15, -0.1) is 11.3 Å². The van der Waals surface area contributed by atoms with E-state index in [1.165, 1.54) is 17.7 Å². The average molecular weight is 440 g/mol. The lowest BCUT2D eigenvalue weighted by atomic mass is 10.2. The third-order valence-electron chi connectivity index (χ3n) is 3.81. The quantitative estimate of drug-likeness (QED) is 0.501. The van der Waals surface area contributed by atoms with Crippen LogP contribution in [0.2, 0.25) is 0 Å². The van der Waals surface area contributed by atoms with Crippen LogP contribution >= 0.6 is 27.3 Å². The number of benzene rings is 2. The molecule has 0 spiro atoms. The maximum Gasteiger partial charge on any atom is 0.230 e. The van der Waals surface area contributed by atoms with Gasteiger partial charge in [-0.25, -0.2) is 14.6 Å². The van der Waals surface area contributed by atoms with Gasteiger partial charge in [0.05, 0.1) is 23.5 Å². The second-order valence-electron chi connectivity index (χ2n) is 5.74. The largest absolute Gasteiger partial charge is 0.324 e. The lowest BCUT2D eigenvalue weighted by Gasteiger charge is -2.10. The van der Waals surface area contributed by atoms with Crippen molar-refractivity contribution in [1.29, 1.82) is 0 Å². The molecule has 2 aromatic carbocycles. The van der Waals surface area contributed by atoms with Crippen molar-refractivity contribution in [3.63, 3.8) is 0 Å². The predicted molar refractivity (Wildman–Crippen MR) is 109 cm³/mol. The van der Waals surface area contributed by atoms with Gasteiger partial charge in [0.15, 0.2) is 0 Å². The first-order valence-corrected chi connectivity index (χ1v) is 9.80. The van der Waals surface area contributed by atoms with E-state index in [-0.39, 0.29) is 12.3 Å². The highest BCUT2D eigenvalue weighted by molar-refractivity contribution is 9.10. The normalized spacial score (nSPS) is 10.7. The zero-order chi connectivity index (χ0) is 18.6. The van der Waals surface area contributed by atoms with Gasteiger partial charge in [-0.05, 0) is 24.3 Å². The number of carbonyl (C=O) groups is 1. The Labute approximate surface area is 168 Å². The van der Waals surface area contributed by atoms with Gasteiger partial charge in [-0.3, -0.25) is 4.79 Å². The molecule has 0 bridgehead atoms. The van der Waals surface area contributed by atoms with Gasteiger partial charge < -0.3 is 5.32 Å². The Morgan fingerprint density at radius 2 is 2.07 bits per heavy atom. The van der Waals surface area contributed by atoms with Crippen LogP contribution in [0, 0.1) is 0 Å². The molecule has 27 heavy (non-hydrogen) atoms. The molecule has 0 atom stereocenters. The van der Waals surface area contributed by atoms with Gasteiger partial charge in [0.25, 0.3) is 0 Å². The van der Waals surface area contributed by atoms with E-state index >= 15 is 0 Å². The number of para-hydroxylation sites is 2. The number of nitrogens with one attached hydrogen (secondary N) is 1. The minimum Gasteiger partial charge on any atom is -0.324 e. The number of thiazole rings is 1. The van der Waals surface area contributed by atoms with Gasteiger partial charge in [-0.2, -0.15) is 5.10 Å². The first kappa shape index (κ1) is 17.6. The summed E-state index contributed by atoms with van der Waals surface area (Å²) >= 11 is 4.99. The van der Waals surface area contributed by atoms with E-state index in [0.717, 1.165) is 26.4 Å². The molecule has 8 heteroatoms. The fourth-order valence-corrected chi connectivity index (χ4v) is 3.83. The van der Waals surface area contributed by atoms with Crippen molar-refractivity contribution in [2.24, 2.45) is 0 Å². The van der Waals surface area contributed by atoms with Crippen molar-refractivity contribution in [1.82, 2.24) is 19.7 Å². The summed E-state index contributed by atoms with van der Waals surface area (Å²) in [5.41, 5.74) is 3.20. The highest BCUT2D eigenvalue weighted by Gasteiger charge is 2.12. The van der Waals surface area contributed by atoms with Crippen LogP contribution in [0.25, 0.3) is 16.3 Å². The summed E-state index contributed by atoms with van der Waals surface area (Å²) < 4.78 is 2.61. The van der Waals surface area contributed by atoms with E-state index in [0.29, 0.717) is 5.69 Å². The molecule has 0 aliphatic carbocycles. The second-order valence-corrected chi connectivity index (χ2v) is 7.51. The van der Waals surface area contributed by atoms with Gasteiger partial charge >= 0.3 is 0 Å². The number of rotatable bonds is 5. The molecule has 1 N–H and O–H groups in total. The first-order chi connectivity index (χ1) is 13.2. The molecule has 1 amide bonds. The molecule has 0 saturated carbocycles. The number of amides is 1. The molecule has 6 nitrogen and oxygen atoms in total. The fourth-order valence-electron chi connectivity index (χ4n) is 2.61. The fraction of sp³-hybridized carbons (Fsp3) is 0.0526. The molecule has 0 radical (unpaired) electrons. The van der Waals surface area contributed by atoms with Crippen molar-refractivity contribution in [2.75, 3.05) is 5.32 Å². The Kier molecular flexibility index (Phi) is 5.08. The first-order valence-electron chi connectivity index (χ1n) is 8.13. The van der Waals surface area contributed by atoms with Gasteiger partial charge in [0.2, 0.25) is 5.91 Å². The molecular weight excluding hydrogens is 426 g/mol. The number of carbonyl (C=O) groups excluding carboxylic acids is 1. The van der Waals surface area contributed by atoms with E-state index in [1.54, 1.807) is 11.0 Å². The van der Waals surface area contributed by atoms with Crippen LogP contribution in [0.15, 0.2) is 71.0 Å². The van der Waals surface area contributed by atoms with Crippen molar-refractivity contribution in [3.05, 3.63) is 76.7 Å². The van der Waals surface area contributed by atoms with E-state index in [1.807, 2.05) is 53.9 Å². The molecule has 4 aromatic rings. The Morgan fingerprint density at radius 3 is 2.89 bits per heavy atom. The maximum atomic E-state index is 12.5. The Bertz CT molecular complexity index is 1080. The number of halogens is 1. The summed E-state index contributed by atoms with van der Waals surface area (Å²) in [6, 6.07) is 15.4. The minimum atomic E-state index is -0.131. The van der Waals surface area contributed by atoms with Crippen molar-refractivity contribution >= 4 is 38.9 Å². The molecule has 2 aromatic heterocycles. The molecule has 0 unspecified atom stereocenters. The molecule has 134 valence electrons. The zero-order valence-electron chi connectivity index (χ0n) is 14.0. The molecule has 0 aliphatic rings. The topological polar surface area (TPSA) is 72.7 Å². The highest BCUT2D eigenvalue weighted by Crippen LogP contribution is 2.26. The lowest BCUT2D eigenvalue weighted by molar-refractivity contribution is -0.115. The van der Waals surface area contributed by atoms with Crippen LogP contribution < -0.4 is 5.32 Å². The third-order valence-corrected chi connectivity index (χ3v) is 5.24. The van der Waals surface area contributed by atoms with E-state index < -0.39 is 0 Å². The van der Waals surface area contributed by atoms with Crippen molar-refractivity contribution < 1.29 is 4.79 Å². The average Bonchev–Trinajstić information content (AvgIpc) is 3.34.